The van der Waals surface area contributed by atoms with Crippen LogP contribution in [0.3, 0.4) is 0 Å². The molecule has 0 fully saturated rings. The van der Waals surface area contributed by atoms with Crippen molar-refractivity contribution in [3.8, 4) is 0 Å². The smallest absolute Gasteiger partial charge is 0.298 e. The Labute approximate surface area is 142 Å². The molecular weight excluding hydrogens is 328 g/mol. The highest BCUT2D eigenvalue weighted by Gasteiger charge is 2.21. The van der Waals surface area contributed by atoms with E-state index in [0.717, 1.165) is 10.5 Å². The average Bonchev–Trinajstić information content (AvgIpc) is 3.21. The molecule has 0 bridgehead atoms. The first kappa shape index (κ1) is 16.3. The number of Topliss-reactive ketones (excluding diaryl/α,β-unsaturated/α-hetero) is 1. The van der Waals surface area contributed by atoms with E-state index >= 15 is 0 Å². The lowest BCUT2D eigenvalue weighted by molar-refractivity contribution is -0.112. The zero-order chi connectivity index (χ0) is 16.9. The Morgan fingerprint density at radius 2 is 2.12 bits per heavy atom. The molecule has 1 aromatic carbocycles. The number of fused-ring (bicyclic) bond motifs is 1. The molecule has 3 rings (SSSR count). The first-order chi connectivity index (χ1) is 11.7. The van der Waals surface area contributed by atoms with Gasteiger partial charge in [0.05, 0.1) is 12.2 Å². The summed E-state index contributed by atoms with van der Waals surface area (Å²) in [7, 11) is 0. The van der Waals surface area contributed by atoms with Gasteiger partial charge in [-0.2, -0.15) is 0 Å². The average molecular weight is 344 g/mol. The predicted octanol–water partition coefficient (Wildman–Crippen LogP) is 2.42. The number of ether oxygens (including phenoxy) is 1. The van der Waals surface area contributed by atoms with E-state index in [1.807, 2.05) is 25.1 Å². The van der Waals surface area contributed by atoms with Gasteiger partial charge in [-0.05, 0) is 13.0 Å². The molecule has 0 saturated heterocycles. The lowest BCUT2D eigenvalue weighted by atomic mass is 10.1. The molecule has 8 heteroatoms. The normalized spacial score (nSPS) is 10.9. The summed E-state index contributed by atoms with van der Waals surface area (Å²) in [6.07, 6.45) is 2.16. The van der Waals surface area contributed by atoms with Crippen molar-refractivity contribution in [2.45, 2.75) is 13.3 Å². The number of nitrogens with one attached hydrogen (secondary N) is 2. The number of aromatic amines is 1. The molecule has 0 aliphatic rings. The van der Waals surface area contributed by atoms with E-state index in [2.05, 4.69) is 20.5 Å². The van der Waals surface area contributed by atoms with Crippen LogP contribution >= 0.6 is 11.3 Å². The molecule has 0 radical (unpaired) electrons. The molecule has 0 aliphatic heterocycles. The van der Waals surface area contributed by atoms with Gasteiger partial charge in [-0.25, -0.2) is 0 Å². The molecule has 0 saturated carbocycles. The van der Waals surface area contributed by atoms with Crippen LogP contribution in [0.4, 0.5) is 5.13 Å². The van der Waals surface area contributed by atoms with E-state index in [4.69, 9.17) is 4.74 Å². The number of amides is 1. The second kappa shape index (κ2) is 7.33. The number of hydrogen-bond donors (Lipinski definition) is 2. The Kier molecular flexibility index (Phi) is 4.97. The molecule has 1 amide bonds. The van der Waals surface area contributed by atoms with Crippen molar-refractivity contribution in [1.82, 2.24) is 15.2 Å². The molecule has 7 nitrogen and oxygen atoms in total. The van der Waals surface area contributed by atoms with E-state index in [1.165, 1.54) is 11.3 Å². The standard InChI is InChI=1S/C16H16N4O3S/c1-2-23-8-7-13-19-20-16(24-13)18-15(22)14(21)11-9-17-12-6-4-3-5-10(11)12/h3-6,9,17H,2,7-8H2,1H3,(H,18,20,22). The Bertz CT molecular complexity index is 871. The minimum Gasteiger partial charge on any atom is -0.381 e. The highest BCUT2D eigenvalue weighted by atomic mass is 32.1. The number of nitrogens with zero attached hydrogens (tertiary/aromatic N) is 2. The second-order valence-electron chi connectivity index (χ2n) is 4.98. The fraction of sp³-hybridized carbons (Fsp3) is 0.250. The highest BCUT2D eigenvalue weighted by molar-refractivity contribution is 7.15. The number of benzene rings is 1. The summed E-state index contributed by atoms with van der Waals surface area (Å²) in [6.45, 7) is 3.11. The number of carbonyl (C=O) groups is 2. The third kappa shape index (κ3) is 3.50. The lowest BCUT2D eigenvalue weighted by Crippen LogP contribution is -2.22. The van der Waals surface area contributed by atoms with E-state index in [0.29, 0.717) is 35.7 Å². The van der Waals surface area contributed by atoms with Gasteiger partial charge in [-0.1, -0.05) is 29.5 Å². The zero-order valence-corrected chi connectivity index (χ0v) is 13.9. The van der Waals surface area contributed by atoms with Crippen molar-refractivity contribution in [2.24, 2.45) is 0 Å². The topological polar surface area (TPSA) is 97.0 Å². The largest absolute Gasteiger partial charge is 0.381 e. The first-order valence-electron chi connectivity index (χ1n) is 7.51. The number of hydrogen-bond acceptors (Lipinski definition) is 6. The van der Waals surface area contributed by atoms with Gasteiger partial charge in [0.2, 0.25) is 5.13 Å². The molecule has 0 atom stereocenters. The van der Waals surface area contributed by atoms with Crippen molar-refractivity contribution in [2.75, 3.05) is 18.5 Å². The predicted molar refractivity (Wildman–Crippen MR) is 91.4 cm³/mol. The van der Waals surface area contributed by atoms with Crippen molar-refractivity contribution in [1.29, 1.82) is 0 Å². The van der Waals surface area contributed by atoms with Gasteiger partial charge in [0.25, 0.3) is 11.7 Å². The fourth-order valence-electron chi connectivity index (χ4n) is 2.24. The molecule has 0 unspecified atom stereocenters. The minimum atomic E-state index is -0.729. The molecule has 2 N–H and O–H groups in total. The van der Waals surface area contributed by atoms with Crippen LogP contribution in [-0.4, -0.2) is 40.1 Å². The quantitative estimate of drug-likeness (QED) is 0.390. The number of anilines is 1. The number of rotatable bonds is 7. The summed E-state index contributed by atoms with van der Waals surface area (Å²) in [5.41, 5.74) is 1.15. The maximum Gasteiger partial charge on any atom is 0.298 e. The molecular formula is C16H16N4O3S. The summed E-state index contributed by atoms with van der Waals surface area (Å²) < 4.78 is 5.25. The van der Waals surface area contributed by atoms with E-state index in [1.54, 1.807) is 12.3 Å². The zero-order valence-electron chi connectivity index (χ0n) is 13.0. The van der Waals surface area contributed by atoms with Crippen molar-refractivity contribution in [3.63, 3.8) is 0 Å². The summed E-state index contributed by atoms with van der Waals surface area (Å²) in [4.78, 5) is 27.5. The second-order valence-corrected chi connectivity index (χ2v) is 6.04. The van der Waals surface area contributed by atoms with E-state index < -0.39 is 11.7 Å². The molecule has 0 spiro atoms. The number of para-hydroxylation sites is 1. The van der Waals surface area contributed by atoms with Gasteiger partial charge in [0, 0.05) is 30.1 Å². The number of carbonyl (C=O) groups excluding carboxylic acids is 2. The van der Waals surface area contributed by atoms with Crippen LogP contribution in [-0.2, 0) is 16.0 Å². The maximum atomic E-state index is 12.3. The summed E-state index contributed by atoms with van der Waals surface area (Å²) >= 11 is 1.24. The van der Waals surface area contributed by atoms with Gasteiger partial charge in [-0.15, -0.1) is 10.2 Å². The summed E-state index contributed by atoms with van der Waals surface area (Å²) in [5, 5.41) is 12.1. The molecule has 0 aliphatic carbocycles. The minimum absolute atomic E-state index is 0.305. The van der Waals surface area contributed by atoms with Gasteiger partial charge in [0.15, 0.2) is 0 Å². The van der Waals surface area contributed by atoms with Crippen molar-refractivity contribution in [3.05, 3.63) is 41.0 Å². The fourth-order valence-corrected chi connectivity index (χ4v) is 2.96. The third-order valence-electron chi connectivity index (χ3n) is 3.39. The van der Waals surface area contributed by atoms with Crippen molar-refractivity contribution >= 4 is 39.1 Å². The van der Waals surface area contributed by atoms with Crippen LogP contribution in [0.1, 0.15) is 22.3 Å². The summed E-state index contributed by atoms with van der Waals surface area (Å²) in [6, 6.07) is 7.32. The third-order valence-corrected chi connectivity index (χ3v) is 4.29. The van der Waals surface area contributed by atoms with Gasteiger partial charge in [-0.3, -0.25) is 14.9 Å². The van der Waals surface area contributed by atoms with E-state index in [9.17, 15) is 9.59 Å². The highest BCUT2D eigenvalue weighted by Crippen LogP contribution is 2.20. The molecule has 124 valence electrons. The van der Waals surface area contributed by atoms with Crippen LogP contribution < -0.4 is 5.32 Å². The van der Waals surface area contributed by atoms with E-state index in [-0.39, 0.29) is 0 Å². The number of H-pyrrole nitrogens is 1. The van der Waals surface area contributed by atoms with Crippen LogP contribution in [0.15, 0.2) is 30.5 Å². The van der Waals surface area contributed by atoms with Gasteiger partial charge in [0.1, 0.15) is 5.01 Å². The van der Waals surface area contributed by atoms with Gasteiger partial charge >= 0.3 is 0 Å². The Balaban J connectivity index is 1.67. The van der Waals surface area contributed by atoms with Crippen LogP contribution in [0.2, 0.25) is 0 Å². The summed E-state index contributed by atoms with van der Waals surface area (Å²) in [5.74, 6) is -1.34. The maximum absolute atomic E-state index is 12.3. The lowest BCUT2D eigenvalue weighted by Gasteiger charge is -1.99. The number of aromatic nitrogens is 3. The molecule has 24 heavy (non-hydrogen) atoms. The Morgan fingerprint density at radius 3 is 2.96 bits per heavy atom. The number of ketones is 1. The van der Waals surface area contributed by atoms with Crippen molar-refractivity contribution < 1.29 is 14.3 Å². The molecule has 2 aromatic heterocycles. The van der Waals surface area contributed by atoms with Crippen LogP contribution in [0.25, 0.3) is 10.9 Å². The van der Waals surface area contributed by atoms with Crippen LogP contribution in [0, 0.1) is 0 Å². The Morgan fingerprint density at radius 1 is 1.29 bits per heavy atom. The monoisotopic (exact) mass is 344 g/mol. The molecule has 3 aromatic rings. The van der Waals surface area contributed by atoms with Crippen LogP contribution in [0.5, 0.6) is 0 Å². The van der Waals surface area contributed by atoms with Gasteiger partial charge < -0.3 is 9.72 Å². The Hall–Kier alpha value is -2.58. The molecule has 2 heterocycles. The SMILES string of the molecule is CCOCCc1nnc(NC(=O)C(=O)c2c[nH]c3ccccc23)s1. The first-order valence-corrected chi connectivity index (χ1v) is 8.32.